The Kier molecular flexibility index (Phi) is 4.77. The van der Waals surface area contributed by atoms with Gasteiger partial charge in [-0.15, -0.1) is 0 Å². The Balaban J connectivity index is 1.26. The number of fused-ring (bicyclic) bond motifs is 1. The second-order valence-electron chi connectivity index (χ2n) is 7.65. The number of carbonyl (C=O) groups excluding carboxylic acids is 1. The van der Waals surface area contributed by atoms with Gasteiger partial charge in [0.05, 0.1) is 5.92 Å². The first-order valence-electron chi connectivity index (χ1n) is 10.1. The average Bonchev–Trinajstić information content (AvgIpc) is 3.25. The fraction of sp³-hybridized carbons (Fsp3) is 0.208. The van der Waals surface area contributed by atoms with E-state index in [2.05, 4.69) is 62.8 Å². The fourth-order valence-corrected chi connectivity index (χ4v) is 3.99. The van der Waals surface area contributed by atoms with E-state index in [0.29, 0.717) is 17.3 Å². The maximum absolute atomic E-state index is 11.9. The molecule has 1 aliphatic rings. The predicted octanol–water partition coefficient (Wildman–Crippen LogP) is 3.85. The van der Waals surface area contributed by atoms with E-state index in [9.17, 15) is 4.79 Å². The Hall–Kier alpha value is -3.51. The van der Waals surface area contributed by atoms with E-state index in [1.54, 1.807) is 19.2 Å². The topological polar surface area (TPSA) is 71.3 Å². The van der Waals surface area contributed by atoms with Gasteiger partial charge in [0.15, 0.2) is 0 Å². The molecule has 0 saturated carbocycles. The number of carbonyl (C=O) groups is 1. The van der Waals surface area contributed by atoms with Crippen molar-refractivity contribution >= 4 is 16.7 Å². The molecule has 1 aliphatic heterocycles. The van der Waals surface area contributed by atoms with Crippen molar-refractivity contribution in [1.29, 1.82) is 0 Å². The lowest BCUT2D eigenvalue weighted by atomic mass is 9.97. The normalized spacial score (nSPS) is 14.6. The Morgan fingerprint density at radius 2 is 1.90 bits per heavy atom. The van der Waals surface area contributed by atoms with Gasteiger partial charge in [-0.3, -0.25) is 9.69 Å². The van der Waals surface area contributed by atoms with E-state index in [1.165, 1.54) is 16.3 Å². The molecule has 1 N–H and O–H groups in total. The van der Waals surface area contributed by atoms with Crippen LogP contribution >= 0.6 is 0 Å². The van der Waals surface area contributed by atoms with Crippen molar-refractivity contribution < 1.29 is 9.32 Å². The molecular formula is C24H22N4O2. The molecule has 1 amide bonds. The van der Waals surface area contributed by atoms with Crippen LogP contribution in [-0.2, 0) is 6.54 Å². The number of hydrogen-bond donors (Lipinski definition) is 1. The summed E-state index contributed by atoms with van der Waals surface area (Å²) < 4.78 is 5.53. The van der Waals surface area contributed by atoms with Crippen LogP contribution in [0, 0.1) is 0 Å². The highest BCUT2D eigenvalue weighted by Crippen LogP contribution is 2.30. The summed E-state index contributed by atoms with van der Waals surface area (Å²) in [4.78, 5) is 18.8. The summed E-state index contributed by atoms with van der Waals surface area (Å²) in [5.74, 6) is 1.28. The van der Waals surface area contributed by atoms with Crippen LogP contribution in [-0.4, -0.2) is 41.1 Å². The van der Waals surface area contributed by atoms with Gasteiger partial charge in [0.25, 0.3) is 5.91 Å². The smallest absolute Gasteiger partial charge is 0.251 e. The molecule has 30 heavy (non-hydrogen) atoms. The summed E-state index contributed by atoms with van der Waals surface area (Å²) in [6.07, 6.45) is 0. The number of nitrogens with one attached hydrogen (secondary N) is 1. The highest BCUT2D eigenvalue weighted by molar-refractivity contribution is 5.95. The summed E-state index contributed by atoms with van der Waals surface area (Å²) in [5.41, 5.74) is 2.69. The van der Waals surface area contributed by atoms with Crippen molar-refractivity contribution in [3.63, 3.8) is 0 Å². The average molecular weight is 398 g/mol. The number of hydrogen-bond acceptors (Lipinski definition) is 5. The molecule has 0 radical (unpaired) electrons. The molecule has 150 valence electrons. The lowest BCUT2D eigenvalue weighted by molar-refractivity contribution is 0.0963. The van der Waals surface area contributed by atoms with Crippen molar-refractivity contribution in [1.82, 2.24) is 20.4 Å². The molecule has 3 aromatic carbocycles. The zero-order valence-corrected chi connectivity index (χ0v) is 16.7. The SMILES string of the molecule is CNC(=O)c1cccc(-c2noc(C3CN(Cc4cccc5ccccc45)C3)n2)c1. The monoisotopic (exact) mass is 398 g/mol. The van der Waals surface area contributed by atoms with Gasteiger partial charge in [0.1, 0.15) is 0 Å². The first-order valence-corrected chi connectivity index (χ1v) is 10.1. The van der Waals surface area contributed by atoms with E-state index in [4.69, 9.17) is 4.52 Å². The van der Waals surface area contributed by atoms with Gasteiger partial charge in [-0.05, 0) is 28.5 Å². The highest BCUT2D eigenvalue weighted by atomic mass is 16.5. The van der Waals surface area contributed by atoms with E-state index in [1.807, 2.05) is 12.1 Å². The number of nitrogens with zero attached hydrogens (tertiary/aromatic N) is 3. The third-order valence-corrected chi connectivity index (χ3v) is 5.63. The minimum atomic E-state index is -0.136. The molecule has 1 saturated heterocycles. The molecule has 1 aromatic heterocycles. The van der Waals surface area contributed by atoms with Crippen LogP contribution in [0.5, 0.6) is 0 Å². The maximum atomic E-state index is 11.9. The lowest BCUT2D eigenvalue weighted by Crippen LogP contribution is -2.44. The van der Waals surface area contributed by atoms with Gasteiger partial charge in [-0.2, -0.15) is 4.98 Å². The fourth-order valence-electron chi connectivity index (χ4n) is 3.99. The number of amides is 1. The van der Waals surface area contributed by atoms with Gasteiger partial charge in [-0.1, -0.05) is 59.8 Å². The quantitative estimate of drug-likeness (QED) is 0.553. The minimum Gasteiger partial charge on any atom is -0.355 e. The molecule has 0 unspecified atom stereocenters. The molecule has 6 heteroatoms. The second-order valence-corrected chi connectivity index (χ2v) is 7.65. The van der Waals surface area contributed by atoms with Crippen molar-refractivity contribution in [2.24, 2.45) is 0 Å². The van der Waals surface area contributed by atoms with Gasteiger partial charge < -0.3 is 9.84 Å². The van der Waals surface area contributed by atoms with Crippen LogP contribution < -0.4 is 5.32 Å². The minimum absolute atomic E-state index is 0.136. The highest BCUT2D eigenvalue weighted by Gasteiger charge is 2.32. The molecule has 2 heterocycles. The third-order valence-electron chi connectivity index (χ3n) is 5.63. The Morgan fingerprint density at radius 1 is 1.10 bits per heavy atom. The summed E-state index contributed by atoms with van der Waals surface area (Å²) in [5, 5.41) is 9.33. The summed E-state index contributed by atoms with van der Waals surface area (Å²) in [6, 6.07) is 22.2. The maximum Gasteiger partial charge on any atom is 0.251 e. The lowest BCUT2D eigenvalue weighted by Gasteiger charge is -2.37. The molecule has 4 aromatic rings. The van der Waals surface area contributed by atoms with Crippen molar-refractivity contribution in [2.45, 2.75) is 12.5 Å². The molecule has 0 atom stereocenters. The van der Waals surface area contributed by atoms with E-state index in [0.717, 1.165) is 25.2 Å². The van der Waals surface area contributed by atoms with Gasteiger partial charge >= 0.3 is 0 Å². The molecular weight excluding hydrogens is 376 g/mol. The summed E-state index contributed by atoms with van der Waals surface area (Å²) >= 11 is 0. The van der Waals surface area contributed by atoms with Crippen molar-refractivity contribution in [2.75, 3.05) is 20.1 Å². The Bertz CT molecular complexity index is 1210. The van der Waals surface area contributed by atoms with E-state index >= 15 is 0 Å². The second kappa shape index (κ2) is 7.72. The standard InChI is InChI=1S/C24H22N4O2/c1-25-23(29)18-9-5-8-17(12-18)22-26-24(30-27-22)20-14-28(15-20)13-19-10-4-7-16-6-2-3-11-21(16)19/h2-12,20H,13-15H2,1H3,(H,25,29). The molecule has 0 aliphatic carbocycles. The van der Waals surface area contributed by atoms with Crippen LogP contribution in [0.1, 0.15) is 27.7 Å². The van der Waals surface area contributed by atoms with Crippen LogP contribution in [0.25, 0.3) is 22.2 Å². The van der Waals surface area contributed by atoms with Crippen LogP contribution in [0.15, 0.2) is 71.3 Å². The number of rotatable bonds is 5. The van der Waals surface area contributed by atoms with Gasteiger partial charge in [0, 0.05) is 37.8 Å². The van der Waals surface area contributed by atoms with E-state index in [-0.39, 0.29) is 11.8 Å². The van der Waals surface area contributed by atoms with Crippen molar-refractivity contribution in [3.05, 3.63) is 83.7 Å². The van der Waals surface area contributed by atoms with E-state index < -0.39 is 0 Å². The summed E-state index contributed by atoms with van der Waals surface area (Å²) in [7, 11) is 1.61. The van der Waals surface area contributed by atoms with Gasteiger partial charge in [0.2, 0.25) is 11.7 Å². The number of benzene rings is 3. The molecule has 0 spiro atoms. The van der Waals surface area contributed by atoms with Crippen LogP contribution in [0.3, 0.4) is 0 Å². The summed E-state index contributed by atoms with van der Waals surface area (Å²) in [6.45, 7) is 2.69. The first-order chi connectivity index (χ1) is 14.7. The van der Waals surface area contributed by atoms with Crippen LogP contribution in [0.4, 0.5) is 0 Å². The van der Waals surface area contributed by atoms with Crippen molar-refractivity contribution in [3.8, 4) is 11.4 Å². The molecule has 0 bridgehead atoms. The van der Waals surface area contributed by atoms with Gasteiger partial charge in [-0.25, -0.2) is 0 Å². The third kappa shape index (κ3) is 3.46. The number of likely N-dealkylation sites (tertiary alicyclic amines) is 1. The zero-order chi connectivity index (χ0) is 20.5. The largest absolute Gasteiger partial charge is 0.355 e. The molecule has 5 rings (SSSR count). The number of aromatic nitrogens is 2. The molecule has 6 nitrogen and oxygen atoms in total. The Morgan fingerprint density at radius 3 is 2.77 bits per heavy atom. The first kappa shape index (κ1) is 18.5. The predicted molar refractivity (Wildman–Crippen MR) is 115 cm³/mol. The Labute approximate surface area is 174 Å². The van der Waals surface area contributed by atoms with Crippen LogP contribution in [0.2, 0.25) is 0 Å². The molecule has 1 fully saturated rings. The zero-order valence-electron chi connectivity index (χ0n) is 16.7.